The predicted octanol–water partition coefficient (Wildman–Crippen LogP) is 7.96. The smallest absolute Gasteiger partial charge is 0.0897 e. The first-order valence-corrected chi connectivity index (χ1v) is 11.9. The number of hydrogen-bond acceptors (Lipinski definition) is 0. The average Bonchev–Trinajstić information content (AvgIpc) is 2.68. The molecule has 0 nitrogen and oxygen atoms in total. The fourth-order valence-electron chi connectivity index (χ4n) is 6.63. The average molecular weight is 351 g/mol. The molecule has 0 heterocycles. The Morgan fingerprint density at radius 3 is 1.28 bits per heavy atom. The monoisotopic (exact) mass is 350 g/mol. The summed E-state index contributed by atoms with van der Waals surface area (Å²) in [4.78, 5) is 0. The summed E-state index contributed by atoms with van der Waals surface area (Å²) in [5.41, 5.74) is 0. The van der Waals surface area contributed by atoms with Crippen LogP contribution in [0.1, 0.15) is 110 Å². The van der Waals surface area contributed by atoms with Crippen molar-refractivity contribution in [1.82, 2.24) is 0 Å². The first-order chi connectivity index (χ1) is 12.3. The Morgan fingerprint density at radius 2 is 0.920 bits per heavy atom. The summed E-state index contributed by atoms with van der Waals surface area (Å²) in [5.74, 6) is 5.91. The number of halogens is 1. The Kier molecular flexibility index (Phi) is 8.12. The third kappa shape index (κ3) is 5.70. The molecule has 3 fully saturated rings. The highest BCUT2D eigenvalue weighted by Crippen LogP contribution is 2.46. The van der Waals surface area contributed by atoms with Crippen LogP contribution in [0.3, 0.4) is 0 Å². The van der Waals surface area contributed by atoms with E-state index in [1.165, 1.54) is 96.3 Å². The number of alkyl halides is 1. The van der Waals surface area contributed by atoms with E-state index in [-0.39, 0.29) is 6.67 Å². The molecule has 0 amide bonds. The molecule has 25 heavy (non-hydrogen) atoms. The summed E-state index contributed by atoms with van der Waals surface area (Å²) in [6.07, 6.45) is 22.8. The quantitative estimate of drug-likeness (QED) is 0.437. The van der Waals surface area contributed by atoms with E-state index >= 15 is 0 Å². The minimum Gasteiger partial charge on any atom is -0.251 e. The van der Waals surface area contributed by atoms with E-state index < -0.39 is 0 Å². The van der Waals surface area contributed by atoms with Crippen molar-refractivity contribution < 1.29 is 4.39 Å². The fourth-order valence-corrected chi connectivity index (χ4v) is 6.63. The Bertz CT molecular complexity index is 341. The maximum Gasteiger partial charge on any atom is 0.0897 e. The summed E-state index contributed by atoms with van der Waals surface area (Å²) in [6, 6.07) is 0. The molecular weight excluding hydrogens is 307 g/mol. The minimum atomic E-state index is -0.0961. The molecular formula is C24H43F. The molecule has 3 aliphatic rings. The molecule has 0 saturated heterocycles. The molecule has 0 aromatic heterocycles. The molecule has 0 atom stereocenters. The van der Waals surface area contributed by atoms with Crippen LogP contribution in [-0.2, 0) is 0 Å². The Balaban J connectivity index is 1.34. The lowest BCUT2D eigenvalue weighted by atomic mass is 9.64. The van der Waals surface area contributed by atoms with Crippen LogP contribution in [0.4, 0.5) is 4.39 Å². The molecule has 1 heteroatoms. The Labute approximate surface area is 156 Å². The molecule has 3 aliphatic carbocycles. The zero-order valence-electron chi connectivity index (χ0n) is 16.9. The van der Waals surface area contributed by atoms with Gasteiger partial charge in [0.15, 0.2) is 0 Å². The van der Waals surface area contributed by atoms with Crippen LogP contribution in [0.25, 0.3) is 0 Å². The van der Waals surface area contributed by atoms with Crippen LogP contribution in [0.2, 0.25) is 0 Å². The maximum absolute atomic E-state index is 12.5. The van der Waals surface area contributed by atoms with Gasteiger partial charge in [-0.15, -0.1) is 0 Å². The molecule has 0 radical (unpaired) electrons. The van der Waals surface area contributed by atoms with Crippen molar-refractivity contribution >= 4 is 0 Å². The Morgan fingerprint density at radius 1 is 0.560 bits per heavy atom. The van der Waals surface area contributed by atoms with Gasteiger partial charge < -0.3 is 0 Å². The van der Waals surface area contributed by atoms with E-state index in [1.54, 1.807) is 0 Å². The van der Waals surface area contributed by atoms with Crippen molar-refractivity contribution in [1.29, 1.82) is 0 Å². The van der Waals surface area contributed by atoms with Gasteiger partial charge in [0, 0.05) is 0 Å². The van der Waals surface area contributed by atoms with E-state index in [0.717, 1.165) is 36.0 Å². The van der Waals surface area contributed by atoms with Crippen molar-refractivity contribution in [3.8, 4) is 0 Å². The molecule has 0 spiro atoms. The van der Waals surface area contributed by atoms with Crippen LogP contribution in [0.5, 0.6) is 0 Å². The molecule has 0 aromatic carbocycles. The van der Waals surface area contributed by atoms with Gasteiger partial charge in [-0.25, -0.2) is 0 Å². The van der Waals surface area contributed by atoms with Gasteiger partial charge in [0.2, 0.25) is 0 Å². The Hall–Kier alpha value is -0.0700. The maximum atomic E-state index is 12.5. The molecule has 0 N–H and O–H groups in total. The van der Waals surface area contributed by atoms with E-state index in [2.05, 4.69) is 6.92 Å². The number of rotatable bonds is 7. The number of unbranched alkanes of at least 4 members (excludes halogenated alkanes) is 1. The van der Waals surface area contributed by atoms with Gasteiger partial charge in [-0.1, -0.05) is 51.9 Å². The normalized spacial score (nSPS) is 40.1. The summed E-state index contributed by atoms with van der Waals surface area (Å²) in [7, 11) is 0. The second-order valence-electron chi connectivity index (χ2n) is 9.86. The highest BCUT2D eigenvalue weighted by molar-refractivity contribution is 4.85. The lowest BCUT2D eigenvalue weighted by Gasteiger charge is -2.41. The third-order valence-corrected chi connectivity index (χ3v) is 8.42. The van der Waals surface area contributed by atoms with Gasteiger partial charge in [0.25, 0.3) is 0 Å². The zero-order chi connectivity index (χ0) is 17.5. The molecule has 0 unspecified atom stereocenters. The van der Waals surface area contributed by atoms with Crippen LogP contribution < -0.4 is 0 Å². The molecule has 146 valence electrons. The number of hydrogen-bond donors (Lipinski definition) is 0. The molecule has 0 aromatic rings. The van der Waals surface area contributed by atoms with Crippen LogP contribution >= 0.6 is 0 Å². The van der Waals surface area contributed by atoms with Gasteiger partial charge in [0.05, 0.1) is 6.67 Å². The summed E-state index contributed by atoms with van der Waals surface area (Å²) < 4.78 is 12.5. The van der Waals surface area contributed by atoms with Gasteiger partial charge in [0.1, 0.15) is 0 Å². The molecule has 0 aliphatic heterocycles. The van der Waals surface area contributed by atoms with Gasteiger partial charge in [-0.3, -0.25) is 4.39 Å². The van der Waals surface area contributed by atoms with Crippen molar-refractivity contribution in [3.63, 3.8) is 0 Å². The lowest BCUT2D eigenvalue weighted by molar-refractivity contribution is 0.101. The molecule has 3 saturated carbocycles. The zero-order valence-corrected chi connectivity index (χ0v) is 16.9. The van der Waals surface area contributed by atoms with Gasteiger partial charge in [-0.05, 0) is 93.3 Å². The standard InChI is InChI=1S/C24H43F/c1-2-3-4-19-5-9-21(10-6-19)23-13-15-24(16-14-23)22-11-7-20(8-12-22)17-18-25/h19-24H,2-18H2,1H3. The second-order valence-corrected chi connectivity index (χ2v) is 9.86. The third-order valence-electron chi connectivity index (χ3n) is 8.42. The minimum absolute atomic E-state index is 0.0961. The highest BCUT2D eigenvalue weighted by atomic mass is 19.1. The van der Waals surface area contributed by atoms with Crippen molar-refractivity contribution in [2.45, 2.75) is 110 Å². The van der Waals surface area contributed by atoms with Crippen molar-refractivity contribution in [2.75, 3.05) is 6.67 Å². The first kappa shape index (κ1) is 19.7. The second kappa shape index (κ2) is 10.3. The van der Waals surface area contributed by atoms with Gasteiger partial charge in [-0.2, -0.15) is 0 Å². The lowest BCUT2D eigenvalue weighted by Crippen LogP contribution is -2.29. The van der Waals surface area contributed by atoms with E-state index in [0.29, 0.717) is 5.92 Å². The predicted molar refractivity (Wildman–Crippen MR) is 106 cm³/mol. The van der Waals surface area contributed by atoms with Crippen LogP contribution in [0, 0.1) is 35.5 Å². The van der Waals surface area contributed by atoms with E-state index in [9.17, 15) is 4.39 Å². The topological polar surface area (TPSA) is 0 Å². The highest BCUT2D eigenvalue weighted by Gasteiger charge is 2.34. The van der Waals surface area contributed by atoms with E-state index in [4.69, 9.17) is 0 Å². The first-order valence-electron chi connectivity index (χ1n) is 11.9. The summed E-state index contributed by atoms with van der Waals surface area (Å²) >= 11 is 0. The summed E-state index contributed by atoms with van der Waals surface area (Å²) in [6.45, 7) is 2.23. The summed E-state index contributed by atoms with van der Waals surface area (Å²) in [5, 5.41) is 0. The van der Waals surface area contributed by atoms with Gasteiger partial charge >= 0.3 is 0 Å². The fraction of sp³-hybridized carbons (Fsp3) is 1.00. The van der Waals surface area contributed by atoms with Crippen molar-refractivity contribution in [3.05, 3.63) is 0 Å². The van der Waals surface area contributed by atoms with Crippen molar-refractivity contribution in [2.24, 2.45) is 35.5 Å². The molecule has 0 bridgehead atoms. The molecule has 3 rings (SSSR count). The van der Waals surface area contributed by atoms with Crippen LogP contribution in [-0.4, -0.2) is 6.67 Å². The van der Waals surface area contributed by atoms with Crippen LogP contribution in [0.15, 0.2) is 0 Å². The largest absolute Gasteiger partial charge is 0.251 e. The SMILES string of the molecule is CCCCC1CCC(C2CCC(C3CCC(CCF)CC3)CC2)CC1. The van der Waals surface area contributed by atoms with E-state index in [1.807, 2.05) is 0 Å².